The zero-order valence-electron chi connectivity index (χ0n) is 7.88. The van der Waals surface area contributed by atoms with Crippen LogP contribution in [0.25, 0.3) is 0 Å². The van der Waals surface area contributed by atoms with Crippen molar-refractivity contribution in [3.63, 3.8) is 0 Å². The Morgan fingerprint density at radius 3 is 2.23 bits per heavy atom. The minimum atomic E-state index is -0.831. The highest BCUT2D eigenvalue weighted by atomic mass is 19.1. The van der Waals surface area contributed by atoms with E-state index in [1.54, 1.807) is 0 Å². The van der Waals surface area contributed by atoms with E-state index in [1.165, 1.54) is 12.8 Å². The summed E-state index contributed by atoms with van der Waals surface area (Å²) in [6.07, 6.45) is 4.68. The van der Waals surface area contributed by atoms with E-state index >= 15 is 0 Å². The van der Waals surface area contributed by atoms with E-state index in [0.29, 0.717) is 23.7 Å². The fourth-order valence-electron chi connectivity index (χ4n) is 4.33. The number of alkyl halides is 1. The Bertz CT molecular complexity index is 212. The maximum Gasteiger partial charge on any atom is 0.111 e. The van der Waals surface area contributed by atoms with Gasteiger partial charge in [0.25, 0.3) is 0 Å². The fourth-order valence-corrected chi connectivity index (χ4v) is 4.33. The maximum atomic E-state index is 14.1. The smallest absolute Gasteiger partial charge is 0.111 e. The van der Waals surface area contributed by atoms with Crippen LogP contribution in [0.3, 0.4) is 0 Å². The van der Waals surface area contributed by atoms with Gasteiger partial charge < -0.3 is 5.11 Å². The summed E-state index contributed by atoms with van der Waals surface area (Å²) in [5.74, 6) is 2.08. The molecule has 4 fully saturated rings. The molecule has 0 spiro atoms. The standard InChI is InChI=1S/C11H17FO/c12-11-3-7-1-8(4-11)10(6-13)9(2-7)5-11/h7-10,13H,1-6H2. The molecule has 1 nitrogen and oxygen atoms in total. The van der Waals surface area contributed by atoms with Gasteiger partial charge in [-0.05, 0) is 55.8 Å². The van der Waals surface area contributed by atoms with Gasteiger partial charge in [-0.2, -0.15) is 0 Å². The summed E-state index contributed by atoms with van der Waals surface area (Å²) in [5.41, 5.74) is -0.831. The van der Waals surface area contributed by atoms with Gasteiger partial charge in [0, 0.05) is 6.61 Å². The molecule has 0 saturated heterocycles. The monoisotopic (exact) mass is 184 g/mol. The Labute approximate surface area is 78.3 Å². The highest BCUT2D eigenvalue weighted by Gasteiger charge is 2.55. The van der Waals surface area contributed by atoms with Crippen LogP contribution in [0.15, 0.2) is 0 Å². The lowest BCUT2D eigenvalue weighted by atomic mass is 9.51. The van der Waals surface area contributed by atoms with Crippen LogP contribution < -0.4 is 0 Å². The lowest BCUT2D eigenvalue weighted by Crippen LogP contribution is -2.53. The maximum absolute atomic E-state index is 14.1. The predicted molar refractivity (Wildman–Crippen MR) is 48.0 cm³/mol. The lowest BCUT2D eigenvalue weighted by molar-refractivity contribution is -0.120. The molecule has 4 aliphatic carbocycles. The van der Waals surface area contributed by atoms with Crippen LogP contribution in [0.2, 0.25) is 0 Å². The number of aliphatic hydroxyl groups is 1. The van der Waals surface area contributed by atoms with E-state index in [-0.39, 0.29) is 6.61 Å². The molecule has 0 aliphatic heterocycles. The third kappa shape index (κ3) is 1.08. The van der Waals surface area contributed by atoms with Crippen LogP contribution in [-0.4, -0.2) is 17.4 Å². The van der Waals surface area contributed by atoms with Gasteiger partial charge in [-0.3, -0.25) is 0 Å². The summed E-state index contributed by atoms with van der Waals surface area (Å²) in [7, 11) is 0. The van der Waals surface area contributed by atoms with Crippen molar-refractivity contribution >= 4 is 0 Å². The van der Waals surface area contributed by atoms with Crippen LogP contribution in [0.5, 0.6) is 0 Å². The summed E-state index contributed by atoms with van der Waals surface area (Å²) >= 11 is 0. The molecule has 4 rings (SSSR count). The zero-order valence-corrected chi connectivity index (χ0v) is 7.88. The first-order valence-corrected chi connectivity index (χ1v) is 5.50. The van der Waals surface area contributed by atoms with Gasteiger partial charge in [-0.15, -0.1) is 0 Å². The Balaban J connectivity index is 1.90. The first-order valence-electron chi connectivity index (χ1n) is 5.50. The van der Waals surface area contributed by atoms with E-state index in [0.717, 1.165) is 19.3 Å². The molecule has 0 aromatic rings. The Morgan fingerprint density at radius 2 is 1.77 bits per heavy atom. The second kappa shape index (κ2) is 2.47. The highest BCUT2D eigenvalue weighted by Crippen LogP contribution is 2.59. The number of hydrogen-bond donors (Lipinski definition) is 1. The molecule has 2 heteroatoms. The molecule has 13 heavy (non-hydrogen) atoms. The number of halogens is 1. The topological polar surface area (TPSA) is 20.2 Å². The zero-order chi connectivity index (χ0) is 9.05. The Kier molecular flexibility index (Phi) is 1.56. The normalized spacial score (nSPS) is 58.6. The highest BCUT2D eigenvalue weighted by molar-refractivity contribution is 5.05. The molecule has 4 bridgehead atoms. The molecule has 4 saturated carbocycles. The summed E-state index contributed by atoms with van der Waals surface area (Å²) in [5, 5.41) is 9.26. The van der Waals surface area contributed by atoms with Gasteiger partial charge >= 0.3 is 0 Å². The largest absolute Gasteiger partial charge is 0.396 e. The van der Waals surface area contributed by atoms with Gasteiger partial charge in [0.05, 0.1) is 0 Å². The van der Waals surface area contributed by atoms with Crippen LogP contribution in [0.4, 0.5) is 4.39 Å². The van der Waals surface area contributed by atoms with Crippen molar-refractivity contribution in [3.05, 3.63) is 0 Å². The summed E-state index contributed by atoms with van der Waals surface area (Å²) in [6, 6.07) is 0. The molecule has 74 valence electrons. The number of hydrogen-bond acceptors (Lipinski definition) is 1. The van der Waals surface area contributed by atoms with E-state index < -0.39 is 5.67 Å². The van der Waals surface area contributed by atoms with Crippen LogP contribution in [-0.2, 0) is 0 Å². The number of aliphatic hydroxyl groups excluding tert-OH is 1. The molecular weight excluding hydrogens is 167 g/mol. The SMILES string of the molecule is OCC1C2CC3CC1CC(F)(C3)C2. The van der Waals surface area contributed by atoms with Crippen molar-refractivity contribution in [2.24, 2.45) is 23.7 Å². The molecule has 2 unspecified atom stereocenters. The van der Waals surface area contributed by atoms with E-state index in [4.69, 9.17) is 0 Å². The second-order valence-electron chi connectivity index (χ2n) is 5.47. The fraction of sp³-hybridized carbons (Fsp3) is 1.00. The van der Waals surface area contributed by atoms with Crippen molar-refractivity contribution in [3.8, 4) is 0 Å². The molecule has 1 N–H and O–H groups in total. The first-order chi connectivity index (χ1) is 6.20. The Morgan fingerprint density at radius 1 is 1.15 bits per heavy atom. The van der Waals surface area contributed by atoms with Crippen molar-refractivity contribution < 1.29 is 9.50 Å². The van der Waals surface area contributed by atoms with Gasteiger partial charge in [-0.1, -0.05) is 0 Å². The average molecular weight is 184 g/mol. The van der Waals surface area contributed by atoms with Gasteiger partial charge in [0.1, 0.15) is 5.67 Å². The van der Waals surface area contributed by atoms with Crippen molar-refractivity contribution in [1.29, 1.82) is 0 Å². The van der Waals surface area contributed by atoms with Crippen LogP contribution >= 0.6 is 0 Å². The van der Waals surface area contributed by atoms with Crippen molar-refractivity contribution in [1.82, 2.24) is 0 Å². The summed E-state index contributed by atoms with van der Waals surface area (Å²) in [6.45, 7) is 0.290. The third-order valence-electron chi connectivity index (χ3n) is 4.60. The lowest BCUT2D eigenvalue weighted by Gasteiger charge is -2.56. The minimum Gasteiger partial charge on any atom is -0.396 e. The van der Waals surface area contributed by atoms with E-state index in [1.807, 2.05) is 0 Å². The molecule has 2 atom stereocenters. The van der Waals surface area contributed by atoms with Crippen LogP contribution in [0, 0.1) is 23.7 Å². The molecule has 0 aromatic heterocycles. The molecule has 4 aliphatic rings. The average Bonchev–Trinajstić information content (AvgIpc) is 2.00. The third-order valence-corrected chi connectivity index (χ3v) is 4.60. The number of rotatable bonds is 1. The van der Waals surface area contributed by atoms with Crippen molar-refractivity contribution in [2.75, 3.05) is 6.61 Å². The van der Waals surface area contributed by atoms with E-state index in [2.05, 4.69) is 0 Å². The molecule has 0 aromatic carbocycles. The minimum absolute atomic E-state index is 0.290. The summed E-state index contributed by atoms with van der Waals surface area (Å²) < 4.78 is 14.1. The predicted octanol–water partition coefficient (Wildman–Crippen LogP) is 2.14. The van der Waals surface area contributed by atoms with Crippen molar-refractivity contribution in [2.45, 2.75) is 37.8 Å². The quantitative estimate of drug-likeness (QED) is 0.662. The van der Waals surface area contributed by atoms with Gasteiger partial charge in [-0.25, -0.2) is 4.39 Å². The first kappa shape index (κ1) is 8.22. The van der Waals surface area contributed by atoms with Gasteiger partial charge in [0.15, 0.2) is 0 Å². The van der Waals surface area contributed by atoms with E-state index in [9.17, 15) is 9.50 Å². The molecular formula is C11H17FO. The Hall–Kier alpha value is -0.110. The molecule has 0 heterocycles. The molecule has 0 amide bonds. The molecule has 0 radical (unpaired) electrons. The second-order valence-corrected chi connectivity index (χ2v) is 5.47. The van der Waals surface area contributed by atoms with Gasteiger partial charge in [0.2, 0.25) is 0 Å². The summed E-state index contributed by atoms with van der Waals surface area (Å²) in [4.78, 5) is 0. The van der Waals surface area contributed by atoms with Crippen LogP contribution in [0.1, 0.15) is 32.1 Å².